The van der Waals surface area contributed by atoms with E-state index in [0.29, 0.717) is 18.7 Å². The summed E-state index contributed by atoms with van der Waals surface area (Å²) in [7, 11) is 0. The molecule has 0 fully saturated rings. The van der Waals surface area contributed by atoms with Gasteiger partial charge in [-0.2, -0.15) is 0 Å². The number of rotatable bonds is 8. The number of carbonyl (C=O) groups excluding carboxylic acids is 2. The summed E-state index contributed by atoms with van der Waals surface area (Å²) in [6.45, 7) is 8.60. The highest BCUT2D eigenvalue weighted by Gasteiger charge is 2.27. The number of anilines is 1. The lowest BCUT2D eigenvalue weighted by atomic mass is 9.79. The minimum Gasteiger partial charge on any atom is -0.396 e. The molecule has 0 radical (unpaired) electrons. The third-order valence-corrected chi connectivity index (χ3v) is 4.96. The standard InChI is InChI=1S/C19H30N2O3/c1-5-15-12-16(9-8-14(15)4)21-18(24)17(23)20-13-19(6-2,7-3)10-11-22/h8-9,12,22H,5-7,10-11,13H2,1-4H3,(H,20,23)(H,21,24). The van der Waals surface area contributed by atoms with Gasteiger partial charge in [0.25, 0.3) is 0 Å². The van der Waals surface area contributed by atoms with Gasteiger partial charge in [-0.15, -0.1) is 0 Å². The number of benzene rings is 1. The van der Waals surface area contributed by atoms with Crippen LogP contribution in [0, 0.1) is 12.3 Å². The minimum atomic E-state index is -0.661. The van der Waals surface area contributed by atoms with Crippen LogP contribution in [-0.4, -0.2) is 30.1 Å². The van der Waals surface area contributed by atoms with Crippen molar-refractivity contribution in [2.45, 2.75) is 53.4 Å². The molecule has 5 nitrogen and oxygen atoms in total. The van der Waals surface area contributed by atoms with Crippen LogP contribution in [0.1, 0.15) is 51.2 Å². The smallest absolute Gasteiger partial charge is 0.313 e. The summed E-state index contributed by atoms with van der Waals surface area (Å²) in [6.07, 6.45) is 3.16. The van der Waals surface area contributed by atoms with Crippen molar-refractivity contribution < 1.29 is 14.7 Å². The quantitative estimate of drug-likeness (QED) is 0.640. The van der Waals surface area contributed by atoms with Gasteiger partial charge in [0.05, 0.1) is 0 Å². The lowest BCUT2D eigenvalue weighted by molar-refractivity contribution is -0.136. The first-order valence-electron chi connectivity index (χ1n) is 8.71. The van der Waals surface area contributed by atoms with Gasteiger partial charge in [0.1, 0.15) is 0 Å². The van der Waals surface area contributed by atoms with Crippen molar-refractivity contribution in [2.75, 3.05) is 18.5 Å². The third kappa shape index (κ3) is 5.34. The molecule has 0 heterocycles. The average Bonchev–Trinajstić information content (AvgIpc) is 2.60. The van der Waals surface area contributed by atoms with Crippen LogP contribution >= 0.6 is 0 Å². The normalized spacial score (nSPS) is 11.2. The first kappa shape index (κ1) is 20.2. The summed E-state index contributed by atoms with van der Waals surface area (Å²) in [4.78, 5) is 24.1. The number of nitrogens with one attached hydrogen (secondary N) is 2. The van der Waals surface area contributed by atoms with Gasteiger partial charge in [0, 0.05) is 18.8 Å². The Morgan fingerprint density at radius 3 is 2.33 bits per heavy atom. The Morgan fingerprint density at radius 1 is 1.12 bits per heavy atom. The molecular weight excluding hydrogens is 304 g/mol. The van der Waals surface area contributed by atoms with Crippen molar-refractivity contribution in [1.82, 2.24) is 5.32 Å². The Hall–Kier alpha value is -1.88. The van der Waals surface area contributed by atoms with Gasteiger partial charge in [-0.05, 0) is 61.3 Å². The zero-order chi connectivity index (χ0) is 18.2. The number of aliphatic hydroxyl groups excluding tert-OH is 1. The predicted molar refractivity (Wildman–Crippen MR) is 96.9 cm³/mol. The van der Waals surface area contributed by atoms with Crippen LogP contribution in [0.25, 0.3) is 0 Å². The lowest BCUT2D eigenvalue weighted by Crippen LogP contribution is -2.42. The summed E-state index contributed by atoms with van der Waals surface area (Å²) >= 11 is 0. The summed E-state index contributed by atoms with van der Waals surface area (Å²) in [5, 5.41) is 14.6. The highest BCUT2D eigenvalue weighted by molar-refractivity contribution is 6.39. The first-order chi connectivity index (χ1) is 11.4. The molecule has 0 bridgehead atoms. The molecular formula is C19H30N2O3. The second-order valence-corrected chi connectivity index (χ2v) is 6.31. The third-order valence-electron chi connectivity index (χ3n) is 4.96. The molecule has 0 atom stereocenters. The summed E-state index contributed by atoms with van der Waals surface area (Å²) in [5.41, 5.74) is 2.78. The Kier molecular flexibility index (Phi) is 7.92. The Balaban J connectivity index is 2.66. The van der Waals surface area contributed by atoms with Gasteiger partial charge in [-0.1, -0.05) is 26.8 Å². The molecule has 24 heavy (non-hydrogen) atoms. The molecule has 0 saturated carbocycles. The van der Waals surface area contributed by atoms with E-state index in [0.717, 1.165) is 24.8 Å². The van der Waals surface area contributed by atoms with Gasteiger partial charge in [-0.25, -0.2) is 0 Å². The lowest BCUT2D eigenvalue weighted by Gasteiger charge is -2.31. The first-order valence-corrected chi connectivity index (χ1v) is 8.71. The van der Waals surface area contributed by atoms with Crippen molar-refractivity contribution in [1.29, 1.82) is 0 Å². The Bertz CT molecular complexity index is 566. The fourth-order valence-electron chi connectivity index (χ4n) is 2.85. The SMILES string of the molecule is CCc1cc(NC(=O)C(=O)NCC(CC)(CC)CCO)ccc1C. The molecule has 0 unspecified atom stereocenters. The van der Waals surface area contributed by atoms with Crippen LogP contribution < -0.4 is 10.6 Å². The van der Waals surface area contributed by atoms with E-state index >= 15 is 0 Å². The maximum Gasteiger partial charge on any atom is 0.313 e. The van der Waals surface area contributed by atoms with Crippen molar-refractivity contribution >= 4 is 17.5 Å². The highest BCUT2D eigenvalue weighted by Crippen LogP contribution is 2.29. The van der Waals surface area contributed by atoms with E-state index in [4.69, 9.17) is 0 Å². The van der Waals surface area contributed by atoms with E-state index in [1.54, 1.807) is 6.07 Å². The fraction of sp³-hybridized carbons (Fsp3) is 0.579. The average molecular weight is 334 g/mol. The molecule has 0 aliphatic rings. The van der Waals surface area contributed by atoms with Crippen molar-refractivity contribution in [3.05, 3.63) is 29.3 Å². The van der Waals surface area contributed by atoms with Gasteiger partial charge in [0.15, 0.2) is 0 Å². The van der Waals surface area contributed by atoms with E-state index in [-0.39, 0.29) is 12.0 Å². The zero-order valence-electron chi connectivity index (χ0n) is 15.2. The van der Waals surface area contributed by atoms with Gasteiger partial charge >= 0.3 is 11.8 Å². The number of carbonyl (C=O) groups is 2. The molecule has 0 aromatic heterocycles. The van der Waals surface area contributed by atoms with Gasteiger partial charge in [-0.3, -0.25) is 9.59 Å². The van der Waals surface area contributed by atoms with E-state index in [9.17, 15) is 14.7 Å². The molecule has 0 spiro atoms. The molecule has 2 amide bonds. The topological polar surface area (TPSA) is 78.4 Å². The van der Waals surface area contributed by atoms with Crippen LogP contribution in [0.5, 0.6) is 0 Å². The summed E-state index contributed by atoms with van der Waals surface area (Å²) < 4.78 is 0. The highest BCUT2D eigenvalue weighted by atomic mass is 16.3. The molecule has 1 rings (SSSR count). The van der Waals surface area contributed by atoms with Crippen LogP contribution in [-0.2, 0) is 16.0 Å². The van der Waals surface area contributed by atoms with E-state index in [1.165, 1.54) is 5.56 Å². The van der Waals surface area contributed by atoms with Crippen molar-refractivity contribution in [3.63, 3.8) is 0 Å². The molecule has 134 valence electrons. The molecule has 1 aromatic rings. The van der Waals surface area contributed by atoms with E-state index in [1.807, 2.05) is 32.9 Å². The molecule has 0 aliphatic carbocycles. The molecule has 3 N–H and O–H groups in total. The summed E-state index contributed by atoms with van der Waals surface area (Å²) in [5.74, 6) is -1.30. The maximum absolute atomic E-state index is 12.1. The number of hydrogen-bond acceptors (Lipinski definition) is 3. The summed E-state index contributed by atoms with van der Waals surface area (Å²) in [6, 6.07) is 5.63. The molecule has 1 aromatic carbocycles. The number of aliphatic hydroxyl groups is 1. The number of aryl methyl sites for hydroxylation is 2. The Morgan fingerprint density at radius 2 is 1.79 bits per heavy atom. The van der Waals surface area contributed by atoms with Crippen LogP contribution in [0.2, 0.25) is 0 Å². The largest absolute Gasteiger partial charge is 0.396 e. The van der Waals surface area contributed by atoms with Crippen LogP contribution in [0.15, 0.2) is 18.2 Å². The second kappa shape index (κ2) is 9.42. The minimum absolute atomic E-state index is 0.0763. The Labute approximate surface area is 144 Å². The van der Waals surface area contributed by atoms with Crippen molar-refractivity contribution in [2.24, 2.45) is 5.41 Å². The molecule has 0 saturated heterocycles. The monoisotopic (exact) mass is 334 g/mol. The predicted octanol–water partition coefficient (Wildman–Crippen LogP) is 2.80. The van der Waals surface area contributed by atoms with Crippen LogP contribution in [0.4, 0.5) is 5.69 Å². The number of hydrogen-bond donors (Lipinski definition) is 3. The molecule has 5 heteroatoms. The zero-order valence-corrected chi connectivity index (χ0v) is 15.2. The van der Waals surface area contributed by atoms with Gasteiger partial charge in [0.2, 0.25) is 0 Å². The van der Waals surface area contributed by atoms with Crippen molar-refractivity contribution in [3.8, 4) is 0 Å². The fourth-order valence-corrected chi connectivity index (χ4v) is 2.85. The van der Waals surface area contributed by atoms with E-state index in [2.05, 4.69) is 17.6 Å². The van der Waals surface area contributed by atoms with E-state index < -0.39 is 11.8 Å². The number of amides is 2. The molecule has 0 aliphatic heterocycles. The van der Waals surface area contributed by atoms with Crippen LogP contribution in [0.3, 0.4) is 0 Å². The second-order valence-electron chi connectivity index (χ2n) is 6.31. The maximum atomic E-state index is 12.1. The van der Waals surface area contributed by atoms with Gasteiger partial charge < -0.3 is 15.7 Å².